The summed E-state index contributed by atoms with van der Waals surface area (Å²) in [6.45, 7) is 6.36. The molecule has 1 unspecified atom stereocenters. The monoisotopic (exact) mass is 1120 g/mol. The summed E-state index contributed by atoms with van der Waals surface area (Å²) >= 11 is 0. The molecule has 0 saturated heterocycles. The first-order chi connectivity index (χ1) is 40.0. The van der Waals surface area contributed by atoms with E-state index in [0.29, 0.717) is 19.3 Å². The van der Waals surface area contributed by atoms with Crippen LogP contribution in [0.25, 0.3) is 0 Å². The maximum atomic E-state index is 12.9. The van der Waals surface area contributed by atoms with Crippen LogP contribution in [0.2, 0.25) is 0 Å². The second-order valence-electron chi connectivity index (χ2n) is 22.0. The predicted octanol–water partition coefficient (Wildman–Crippen LogP) is 23.3. The van der Waals surface area contributed by atoms with E-state index in [2.05, 4.69) is 148 Å². The van der Waals surface area contributed by atoms with Crippen molar-refractivity contribution < 1.29 is 28.6 Å². The number of hydrogen-bond acceptors (Lipinski definition) is 6. The molecular weight excluding hydrogens is 997 g/mol. The highest BCUT2D eigenvalue weighted by molar-refractivity contribution is 5.71. The van der Waals surface area contributed by atoms with Gasteiger partial charge in [0.05, 0.1) is 0 Å². The van der Waals surface area contributed by atoms with Crippen LogP contribution in [0.5, 0.6) is 0 Å². The summed E-state index contributed by atoms with van der Waals surface area (Å²) in [5.74, 6) is -0.991. The van der Waals surface area contributed by atoms with Crippen LogP contribution in [0.3, 0.4) is 0 Å². The van der Waals surface area contributed by atoms with Crippen molar-refractivity contribution in [3.8, 4) is 0 Å². The van der Waals surface area contributed by atoms with E-state index in [0.717, 1.165) is 103 Å². The maximum absolute atomic E-state index is 12.9. The molecule has 0 saturated carbocycles. The predicted molar refractivity (Wildman–Crippen MR) is 353 cm³/mol. The summed E-state index contributed by atoms with van der Waals surface area (Å²) in [6.07, 6.45) is 96.3. The average molecular weight is 1120 g/mol. The Morgan fingerprint density at radius 2 is 0.506 bits per heavy atom. The maximum Gasteiger partial charge on any atom is 0.306 e. The van der Waals surface area contributed by atoms with Crippen molar-refractivity contribution in [1.29, 1.82) is 0 Å². The van der Waals surface area contributed by atoms with Crippen LogP contribution in [0, 0.1) is 0 Å². The Bertz CT molecular complexity index is 1720. The molecule has 0 radical (unpaired) electrons. The lowest BCUT2D eigenvalue weighted by atomic mass is 10.0. The van der Waals surface area contributed by atoms with E-state index in [1.165, 1.54) is 154 Å². The highest BCUT2D eigenvalue weighted by Gasteiger charge is 2.19. The van der Waals surface area contributed by atoms with Crippen molar-refractivity contribution >= 4 is 17.9 Å². The summed E-state index contributed by atoms with van der Waals surface area (Å²) in [5, 5.41) is 0. The van der Waals surface area contributed by atoms with Crippen LogP contribution in [-0.4, -0.2) is 37.2 Å². The number of ether oxygens (including phenoxy) is 3. The summed E-state index contributed by atoms with van der Waals surface area (Å²) in [6, 6.07) is 0. The SMILES string of the molecule is CC/C=C\C/C=C\C/C=C\C/C=C\C/C=C\C/C=C\CCCCCCCCCCCCC(=O)OCC(COC(=O)CC/C=C\C/C=C\C/C=C\C/C=C\CC)OC(=O)CCCCCCCCCCC/C=C\CCCCCCCCCC. The van der Waals surface area contributed by atoms with Crippen LogP contribution < -0.4 is 0 Å². The van der Waals surface area contributed by atoms with Gasteiger partial charge in [0.2, 0.25) is 0 Å². The van der Waals surface area contributed by atoms with Gasteiger partial charge in [-0.15, -0.1) is 0 Å². The summed E-state index contributed by atoms with van der Waals surface area (Å²) in [5.41, 5.74) is 0. The second kappa shape index (κ2) is 68.1. The lowest BCUT2D eigenvalue weighted by Gasteiger charge is -2.18. The summed E-state index contributed by atoms with van der Waals surface area (Å²) in [7, 11) is 0. The highest BCUT2D eigenvalue weighted by Crippen LogP contribution is 2.16. The Morgan fingerprint density at radius 1 is 0.259 bits per heavy atom. The molecule has 0 aliphatic heterocycles. The van der Waals surface area contributed by atoms with Gasteiger partial charge in [0, 0.05) is 19.3 Å². The number of carbonyl (C=O) groups is 3. The van der Waals surface area contributed by atoms with Crippen molar-refractivity contribution in [2.24, 2.45) is 0 Å². The Balaban J connectivity index is 4.34. The van der Waals surface area contributed by atoms with Gasteiger partial charge in [0.25, 0.3) is 0 Å². The first-order valence-corrected chi connectivity index (χ1v) is 33.7. The largest absolute Gasteiger partial charge is 0.462 e. The molecule has 1 atom stereocenters. The van der Waals surface area contributed by atoms with Crippen LogP contribution in [0.4, 0.5) is 0 Å². The minimum Gasteiger partial charge on any atom is -0.462 e. The number of hydrogen-bond donors (Lipinski definition) is 0. The lowest BCUT2D eigenvalue weighted by Crippen LogP contribution is -2.30. The molecule has 460 valence electrons. The fraction of sp³-hybridized carbons (Fsp3) is 0.667. The van der Waals surface area contributed by atoms with E-state index >= 15 is 0 Å². The number of esters is 3. The van der Waals surface area contributed by atoms with Gasteiger partial charge < -0.3 is 14.2 Å². The topological polar surface area (TPSA) is 78.9 Å². The fourth-order valence-corrected chi connectivity index (χ4v) is 9.16. The Labute approximate surface area is 500 Å². The molecule has 0 amide bonds. The molecule has 81 heavy (non-hydrogen) atoms. The molecule has 0 aliphatic rings. The van der Waals surface area contributed by atoms with Crippen LogP contribution in [0.1, 0.15) is 303 Å². The number of unbranched alkanes of at least 4 members (excludes halogenated alkanes) is 27. The first kappa shape index (κ1) is 76.5. The molecule has 0 bridgehead atoms. The minimum absolute atomic E-state index is 0.105. The third-order valence-electron chi connectivity index (χ3n) is 14.1. The van der Waals surface area contributed by atoms with Gasteiger partial charge in [-0.3, -0.25) is 14.4 Å². The molecule has 0 aromatic heterocycles. The van der Waals surface area contributed by atoms with Gasteiger partial charge in [-0.2, -0.15) is 0 Å². The standard InChI is InChI=1S/C75H124O6/c1-4-7-10-13-16-19-22-25-27-29-31-33-34-35-36-37-38-39-40-42-43-45-47-50-53-56-59-62-65-68-74(77)80-71-72(70-79-73(76)67-64-61-58-55-52-49-24-21-18-15-12-9-6-3)81-75(78)69-66-63-60-57-54-51-48-46-44-41-32-30-28-26-23-20-17-14-11-8-5-2/h7,9-10,12,16,18-19,21,25,27,30-33,35-36,38-39,49,52,58,61,72H,4-6,8,11,13-15,17,20,22-24,26,28-29,34,37,40-48,50-51,53-57,59-60,62-71H2,1-3H3/b10-7-,12-9-,19-16-,21-18-,27-25-,32-30-,33-31-,36-35-,39-38-,52-49-,61-58-. The van der Waals surface area contributed by atoms with Gasteiger partial charge >= 0.3 is 17.9 Å². The van der Waals surface area contributed by atoms with Gasteiger partial charge in [-0.05, 0) is 122 Å². The van der Waals surface area contributed by atoms with Crippen LogP contribution >= 0.6 is 0 Å². The lowest BCUT2D eigenvalue weighted by molar-refractivity contribution is -0.166. The van der Waals surface area contributed by atoms with Crippen molar-refractivity contribution in [3.05, 3.63) is 134 Å². The third-order valence-corrected chi connectivity index (χ3v) is 14.1. The zero-order chi connectivity index (χ0) is 58.5. The average Bonchev–Trinajstić information content (AvgIpc) is 3.46. The molecule has 0 aliphatic carbocycles. The van der Waals surface area contributed by atoms with Crippen LogP contribution in [-0.2, 0) is 28.6 Å². The molecule has 0 rings (SSSR count). The highest BCUT2D eigenvalue weighted by atomic mass is 16.6. The molecule has 0 spiro atoms. The fourth-order valence-electron chi connectivity index (χ4n) is 9.16. The van der Waals surface area contributed by atoms with Gasteiger partial charge in [0.1, 0.15) is 13.2 Å². The van der Waals surface area contributed by atoms with Crippen molar-refractivity contribution in [2.75, 3.05) is 13.2 Å². The Morgan fingerprint density at radius 3 is 0.840 bits per heavy atom. The zero-order valence-corrected chi connectivity index (χ0v) is 52.8. The van der Waals surface area contributed by atoms with Crippen LogP contribution in [0.15, 0.2) is 134 Å². The number of rotatable bonds is 60. The molecule has 6 nitrogen and oxygen atoms in total. The van der Waals surface area contributed by atoms with Gasteiger partial charge in [-0.25, -0.2) is 0 Å². The number of allylic oxidation sites excluding steroid dienone is 22. The van der Waals surface area contributed by atoms with E-state index in [1.807, 2.05) is 6.08 Å². The van der Waals surface area contributed by atoms with E-state index in [9.17, 15) is 14.4 Å². The van der Waals surface area contributed by atoms with Crippen molar-refractivity contribution in [3.63, 3.8) is 0 Å². The second-order valence-corrected chi connectivity index (χ2v) is 22.0. The van der Waals surface area contributed by atoms with Crippen molar-refractivity contribution in [1.82, 2.24) is 0 Å². The zero-order valence-electron chi connectivity index (χ0n) is 52.8. The third kappa shape index (κ3) is 66.2. The normalized spacial score (nSPS) is 13.0. The molecule has 0 fully saturated rings. The minimum atomic E-state index is -0.815. The van der Waals surface area contributed by atoms with Gasteiger partial charge in [0.15, 0.2) is 6.10 Å². The first-order valence-electron chi connectivity index (χ1n) is 33.7. The molecule has 0 heterocycles. The Kier molecular flexibility index (Phi) is 64.3. The summed E-state index contributed by atoms with van der Waals surface area (Å²) < 4.78 is 16.9. The quantitative estimate of drug-likeness (QED) is 0.0261. The van der Waals surface area contributed by atoms with E-state index < -0.39 is 6.10 Å². The molecule has 0 aromatic carbocycles. The summed E-state index contributed by atoms with van der Waals surface area (Å²) in [4.78, 5) is 38.3. The van der Waals surface area contributed by atoms with Gasteiger partial charge in [-0.1, -0.05) is 296 Å². The molecule has 6 heteroatoms. The molecular formula is C75H124O6. The molecule has 0 aromatic rings. The molecule has 0 N–H and O–H groups in total. The Hall–Kier alpha value is -4.45. The van der Waals surface area contributed by atoms with Crippen molar-refractivity contribution in [2.45, 2.75) is 309 Å². The van der Waals surface area contributed by atoms with E-state index in [4.69, 9.17) is 14.2 Å². The number of carbonyl (C=O) groups excluding carboxylic acids is 3. The van der Waals surface area contributed by atoms with E-state index in [1.54, 1.807) is 0 Å². The van der Waals surface area contributed by atoms with E-state index in [-0.39, 0.29) is 37.5 Å². The smallest absolute Gasteiger partial charge is 0.306 e.